The van der Waals surface area contributed by atoms with Crippen LogP contribution in [0.5, 0.6) is 0 Å². The monoisotopic (exact) mass is 242 g/mol. The van der Waals surface area contributed by atoms with Crippen LogP contribution in [0.2, 0.25) is 0 Å². The van der Waals surface area contributed by atoms with Gasteiger partial charge in [-0.25, -0.2) is 0 Å². The quantitative estimate of drug-likeness (QED) is 0.600. The maximum atomic E-state index is 6.06. The Balaban J connectivity index is 0.00000137. The van der Waals surface area contributed by atoms with E-state index in [1.807, 2.05) is 37.0 Å². The first-order valence-electron chi connectivity index (χ1n) is 6.56. The van der Waals surface area contributed by atoms with Crippen LogP contribution in [0.15, 0.2) is 37.0 Å². The molecule has 0 saturated carbocycles. The van der Waals surface area contributed by atoms with Crippen molar-refractivity contribution in [2.24, 2.45) is 5.73 Å². The number of rotatable bonds is 4. The van der Waals surface area contributed by atoms with Crippen LogP contribution < -0.4 is 5.73 Å². The van der Waals surface area contributed by atoms with Crippen LogP contribution in [0.3, 0.4) is 0 Å². The fourth-order valence-corrected chi connectivity index (χ4v) is 1.96. The second-order valence-corrected chi connectivity index (χ2v) is 4.25. The summed E-state index contributed by atoms with van der Waals surface area (Å²) in [6.07, 6.45) is 9.93. The smallest absolute Gasteiger partial charge is 0.0879 e. The molecule has 2 N–H and O–H groups in total. The van der Waals surface area contributed by atoms with Crippen LogP contribution in [0.1, 0.15) is 27.2 Å². The third-order valence-corrected chi connectivity index (χ3v) is 3.03. The van der Waals surface area contributed by atoms with E-state index in [1.54, 1.807) is 12.2 Å². The molecule has 18 heavy (non-hydrogen) atoms. The maximum absolute atomic E-state index is 6.06. The molecule has 0 aromatic carbocycles. The summed E-state index contributed by atoms with van der Waals surface area (Å²) in [4.78, 5) is 2.02. The molecule has 1 saturated heterocycles. The highest BCUT2D eigenvalue weighted by atomic mass is 15.2. The van der Waals surface area contributed by atoms with Gasteiger partial charge >= 0.3 is 0 Å². The van der Waals surface area contributed by atoms with Crippen LogP contribution in [0.4, 0.5) is 0 Å². The molecule has 2 atom stereocenters. The van der Waals surface area contributed by atoms with E-state index < -0.39 is 5.34 Å². The molecule has 0 aliphatic carbocycles. The second-order valence-electron chi connectivity index (χ2n) is 4.25. The highest BCUT2D eigenvalue weighted by Crippen LogP contribution is 2.23. The fourth-order valence-electron chi connectivity index (χ4n) is 1.96. The summed E-state index contributed by atoms with van der Waals surface area (Å²) in [6.45, 7) is 10.5. The highest BCUT2D eigenvalue weighted by molar-refractivity contribution is 6.41. The first-order valence-corrected chi connectivity index (χ1v) is 6.56. The van der Waals surface area contributed by atoms with Crippen LogP contribution in [0, 0.1) is 0 Å². The number of nitrogens with zero attached hydrogens (tertiary/aromatic N) is 1. The van der Waals surface area contributed by atoms with Gasteiger partial charge in [-0.1, -0.05) is 50.8 Å². The number of hydrogen-bond acceptors (Lipinski definition) is 2. The summed E-state index contributed by atoms with van der Waals surface area (Å²) in [6, 6.07) is 0.367. The number of nitrogens with two attached hydrogens (primary N) is 1. The predicted molar refractivity (Wildman–Crippen MR) is 82.8 cm³/mol. The largest absolute Gasteiger partial charge is 0.326 e. The third kappa shape index (κ3) is 4.87. The molecule has 1 aliphatic rings. The molecular weight excluding hydrogens is 218 g/mol. The standard InChI is InChI=1S/C12H18B2N2.C2H6/c1-3-4-5-6-8-12(13,14)16-9-7-11(15)10(16)2;1-2/h3-6,8,10-11H,1,7,9,15H2,2H3;1-2H3/b5-4-,8-6+;. The van der Waals surface area contributed by atoms with Gasteiger partial charge in [0.2, 0.25) is 0 Å². The topological polar surface area (TPSA) is 29.3 Å². The molecule has 0 spiro atoms. The normalized spacial score (nSPS) is 25.3. The minimum Gasteiger partial charge on any atom is -0.326 e. The van der Waals surface area contributed by atoms with E-state index in [0.717, 1.165) is 13.0 Å². The molecule has 1 rings (SSSR count). The van der Waals surface area contributed by atoms with E-state index in [-0.39, 0.29) is 12.1 Å². The lowest BCUT2D eigenvalue weighted by atomic mass is 9.60. The molecule has 1 aliphatic heterocycles. The molecule has 0 amide bonds. The van der Waals surface area contributed by atoms with E-state index >= 15 is 0 Å². The van der Waals surface area contributed by atoms with E-state index in [4.69, 9.17) is 21.4 Å². The highest BCUT2D eigenvalue weighted by Gasteiger charge is 2.35. The molecule has 4 heteroatoms. The number of allylic oxidation sites excluding steroid dienone is 4. The molecule has 4 radical (unpaired) electrons. The molecular formula is C14H24B2N2. The summed E-state index contributed by atoms with van der Waals surface area (Å²) >= 11 is 0. The first kappa shape index (κ1) is 17.3. The molecule has 96 valence electrons. The Morgan fingerprint density at radius 3 is 2.33 bits per heavy atom. The van der Waals surface area contributed by atoms with Gasteiger partial charge in [-0.15, -0.1) is 0 Å². The minimum atomic E-state index is -0.932. The molecule has 0 aromatic heterocycles. The van der Waals surface area contributed by atoms with E-state index in [9.17, 15) is 0 Å². The van der Waals surface area contributed by atoms with Gasteiger partial charge in [0.25, 0.3) is 0 Å². The molecule has 2 unspecified atom stereocenters. The SMILES string of the molecule is CC.[B]C([B])(/C=C/C=C\C=C)N1CCC(N)C1C. The molecule has 1 fully saturated rings. The molecule has 0 aromatic rings. The van der Waals surface area contributed by atoms with Crippen molar-refractivity contribution in [3.8, 4) is 0 Å². The van der Waals surface area contributed by atoms with Crippen molar-refractivity contribution >= 4 is 15.7 Å². The second kappa shape index (κ2) is 8.39. The Morgan fingerprint density at radius 1 is 1.28 bits per heavy atom. The zero-order valence-electron chi connectivity index (χ0n) is 11.8. The Morgan fingerprint density at radius 2 is 1.89 bits per heavy atom. The van der Waals surface area contributed by atoms with Crippen molar-refractivity contribution in [3.63, 3.8) is 0 Å². The summed E-state index contributed by atoms with van der Waals surface area (Å²) in [5, 5.41) is -0.932. The first-order chi connectivity index (χ1) is 8.49. The molecule has 1 heterocycles. The van der Waals surface area contributed by atoms with Crippen molar-refractivity contribution in [1.82, 2.24) is 4.90 Å². The Labute approximate surface area is 115 Å². The average Bonchev–Trinajstić information content (AvgIpc) is 2.69. The number of hydrogen-bond donors (Lipinski definition) is 1. The summed E-state index contributed by atoms with van der Waals surface area (Å²) < 4.78 is 0. The lowest BCUT2D eigenvalue weighted by Gasteiger charge is -2.38. The van der Waals surface area contributed by atoms with Crippen LogP contribution >= 0.6 is 0 Å². The summed E-state index contributed by atoms with van der Waals surface area (Å²) in [5.41, 5.74) is 5.94. The van der Waals surface area contributed by atoms with Gasteiger partial charge in [-0.05, 0) is 25.2 Å². The minimum absolute atomic E-state index is 0.156. The van der Waals surface area contributed by atoms with Gasteiger partial charge in [0.15, 0.2) is 0 Å². The summed E-state index contributed by atoms with van der Waals surface area (Å²) in [7, 11) is 12.1. The lowest BCUT2D eigenvalue weighted by Crippen LogP contribution is -2.52. The van der Waals surface area contributed by atoms with E-state index in [0.29, 0.717) is 0 Å². The zero-order chi connectivity index (χ0) is 14.2. The number of likely N-dealkylation sites (tertiary alicyclic amines) is 1. The predicted octanol–water partition coefficient (Wildman–Crippen LogP) is 1.72. The zero-order valence-corrected chi connectivity index (χ0v) is 11.8. The maximum Gasteiger partial charge on any atom is 0.0879 e. The van der Waals surface area contributed by atoms with Crippen molar-refractivity contribution in [2.75, 3.05) is 6.54 Å². The Hall–Kier alpha value is -0.730. The molecule has 0 bridgehead atoms. The van der Waals surface area contributed by atoms with Crippen molar-refractivity contribution in [2.45, 2.75) is 44.6 Å². The van der Waals surface area contributed by atoms with Crippen LogP contribution in [0.25, 0.3) is 0 Å². The fraction of sp³-hybridized carbons (Fsp3) is 0.571. The van der Waals surface area contributed by atoms with Crippen LogP contribution in [-0.4, -0.2) is 44.6 Å². The Kier molecular flexibility index (Phi) is 8.05. The lowest BCUT2D eigenvalue weighted by molar-refractivity contribution is 0.240. The summed E-state index contributed by atoms with van der Waals surface area (Å²) in [5.74, 6) is 0. The van der Waals surface area contributed by atoms with Gasteiger partial charge < -0.3 is 10.6 Å². The van der Waals surface area contributed by atoms with Crippen LogP contribution in [-0.2, 0) is 0 Å². The molecule has 2 nitrogen and oxygen atoms in total. The van der Waals surface area contributed by atoms with Crippen molar-refractivity contribution in [3.05, 3.63) is 37.0 Å². The Bertz CT molecular complexity index is 298. The van der Waals surface area contributed by atoms with E-state index in [1.165, 1.54) is 0 Å². The van der Waals surface area contributed by atoms with E-state index in [2.05, 4.69) is 13.5 Å². The van der Waals surface area contributed by atoms with Crippen molar-refractivity contribution < 1.29 is 0 Å². The van der Waals surface area contributed by atoms with Gasteiger partial charge in [-0.3, -0.25) is 0 Å². The average molecular weight is 242 g/mol. The third-order valence-electron chi connectivity index (χ3n) is 3.03. The van der Waals surface area contributed by atoms with Gasteiger partial charge in [0, 0.05) is 12.1 Å². The van der Waals surface area contributed by atoms with Crippen molar-refractivity contribution in [1.29, 1.82) is 0 Å². The van der Waals surface area contributed by atoms with Gasteiger partial charge in [0.1, 0.15) is 0 Å². The van der Waals surface area contributed by atoms with Gasteiger partial charge in [-0.2, -0.15) is 0 Å². The van der Waals surface area contributed by atoms with Gasteiger partial charge in [0.05, 0.1) is 15.7 Å².